The molecular formula is C32H59N5O8. The Morgan fingerprint density at radius 1 is 0.644 bits per heavy atom. The third kappa shape index (κ3) is 12.7. The molecule has 260 valence electrons. The van der Waals surface area contributed by atoms with Gasteiger partial charge in [-0.25, -0.2) is 14.4 Å². The standard InChI is InChI=1S/C13H24N2O3.C11H19NO4.C8H16N2O/c1-9-7-8-10(11(16)14(5)6)15(9)12(17)18-13(2,3)4;1-7-5-6-8(9(13)14)12(7)10(15)16-11(2,3)4;1-6-4-5-7(9-6)8(11)10(2)3/h9-10H,7-8H2,1-6H3;7-8H,5-6H2,1-4H3,(H,13,14);6-7,9H,4-5H2,1-3H3/t9-,10-;7-,8-;6-,7-/m000/s1. The molecule has 0 spiro atoms. The van der Waals surface area contributed by atoms with Crippen LogP contribution in [0, 0.1) is 0 Å². The van der Waals surface area contributed by atoms with Crippen molar-refractivity contribution in [1.29, 1.82) is 0 Å². The molecule has 13 heteroatoms. The van der Waals surface area contributed by atoms with E-state index in [0.717, 1.165) is 19.3 Å². The van der Waals surface area contributed by atoms with Gasteiger partial charge in [0.2, 0.25) is 11.8 Å². The smallest absolute Gasteiger partial charge is 0.411 e. The summed E-state index contributed by atoms with van der Waals surface area (Å²) < 4.78 is 10.6. The maximum absolute atomic E-state index is 12.1. The number of carboxylic acid groups (broad SMARTS) is 1. The number of carbonyl (C=O) groups excluding carboxylic acids is 4. The van der Waals surface area contributed by atoms with Gasteiger partial charge in [0.05, 0.1) is 6.04 Å². The lowest BCUT2D eigenvalue weighted by molar-refractivity contribution is -0.142. The van der Waals surface area contributed by atoms with Gasteiger partial charge in [-0.3, -0.25) is 19.4 Å². The summed E-state index contributed by atoms with van der Waals surface area (Å²) in [7, 11) is 7.01. The van der Waals surface area contributed by atoms with E-state index < -0.39 is 35.4 Å². The molecule has 3 saturated heterocycles. The van der Waals surface area contributed by atoms with Crippen molar-refractivity contribution in [2.45, 2.75) is 148 Å². The number of nitrogens with one attached hydrogen (secondary N) is 1. The van der Waals surface area contributed by atoms with E-state index in [-0.39, 0.29) is 36.0 Å². The molecule has 0 aromatic rings. The molecule has 3 aliphatic heterocycles. The molecule has 3 rings (SSSR count). The number of carboxylic acids is 1. The third-order valence-electron chi connectivity index (χ3n) is 7.67. The lowest BCUT2D eigenvalue weighted by Gasteiger charge is -2.31. The Morgan fingerprint density at radius 3 is 1.38 bits per heavy atom. The minimum atomic E-state index is -0.963. The summed E-state index contributed by atoms with van der Waals surface area (Å²) in [6, 6.07) is -0.580. The molecule has 3 fully saturated rings. The summed E-state index contributed by atoms with van der Waals surface area (Å²) in [5, 5.41) is 12.2. The van der Waals surface area contributed by atoms with Crippen molar-refractivity contribution in [2.24, 2.45) is 0 Å². The number of hydrogen-bond donors (Lipinski definition) is 2. The number of rotatable bonds is 3. The average Bonchev–Trinajstić information content (AvgIpc) is 3.59. The van der Waals surface area contributed by atoms with Crippen molar-refractivity contribution >= 4 is 30.0 Å². The first-order chi connectivity index (χ1) is 20.5. The number of likely N-dealkylation sites (N-methyl/N-ethyl adjacent to an activating group) is 2. The van der Waals surface area contributed by atoms with Gasteiger partial charge < -0.3 is 29.7 Å². The highest BCUT2D eigenvalue weighted by molar-refractivity contribution is 5.86. The van der Waals surface area contributed by atoms with E-state index in [1.54, 1.807) is 58.8 Å². The largest absolute Gasteiger partial charge is 0.480 e. The van der Waals surface area contributed by atoms with Crippen molar-refractivity contribution < 1.29 is 38.6 Å². The molecule has 3 aliphatic rings. The van der Waals surface area contributed by atoms with Gasteiger partial charge in [0.25, 0.3) is 0 Å². The predicted octanol–water partition coefficient (Wildman–Crippen LogP) is 3.94. The molecular weight excluding hydrogens is 582 g/mol. The second-order valence-electron chi connectivity index (χ2n) is 14.7. The second-order valence-corrected chi connectivity index (χ2v) is 14.7. The van der Waals surface area contributed by atoms with E-state index in [9.17, 15) is 24.0 Å². The van der Waals surface area contributed by atoms with Gasteiger partial charge in [-0.05, 0) is 101 Å². The second kappa shape index (κ2) is 16.5. The Kier molecular flexibility index (Phi) is 14.6. The molecule has 6 atom stereocenters. The molecule has 0 bridgehead atoms. The van der Waals surface area contributed by atoms with E-state index in [1.165, 1.54) is 9.80 Å². The van der Waals surface area contributed by atoms with Gasteiger partial charge in [-0.15, -0.1) is 0 Å². The highest BCUT2D eigenvalue weighted by atomic mass is 16.6. The van der Waals surface area contributed by atoms with Crippen molar-refractivity contribution in [3.05, 3.63) is 0 Å². The number of aliphatic carboxylic acids is 1. The Balaban J connectivity index is 0.000000347. The summed E-state index contributed by atoms with van der Waals surface area (Å²) in [5.41, 5.74) is -1.13. The van der Waals surface area contributed by atoms with Crippen LogP contribution < -0.4 is 5.32 Å². The molecule has 3 heterocycles. The van der Waals surface area contributed by atoms with Gasteiger partial charge in [0.1, 0.15) is 23.3 Å². The lowest BCUT2D eigenvalue weighted by atomic mass is 10.2. The molecule has 0 unspecified atom stereocenters. The van der Waals surface area contributed by atoms with Crippen LogP contribution in [0.4, 0.5) is 9.59 Å². The zero-order valence-electron chi connectivity index (χ0n) is 29.8. The topological polar surface area (TPSA) is 149 Å². The lowest BCUT2D eigenvalue weighted by Crippen LogP contribution is -2.49. The van der Waals surface area contributed by atoms with Gasteiger partial charge in [0, 0.05) is 46.3 Å². The number of nitrogens with zero attached hydrogens (tertiary/aromatic N) is 4. The molecule has 0 aromatic carbocycles. The molecule has 0 radical (unpaired) electrons. The van der Waals surface area contributed by atoms with Crippen molar-refractivity contribution in [1.82, 2.24) is 24.9 Å². The Labute approximate surface area is 269 Å². The Bertz CT molecular complexity index is 1040. The maximum atomic E-state index is 12.1. The fraction of sp³-hybridized carbons (Fsp3) is 0.844. The van der Waals surface area contributed by atoms with Crippen LogP contribution in [0.15, 0.2) is 0 Å². The first-order valence-corrected chi connectivity index (χ1v) is 15.9. The van der Waals surface area contributed by atoms with Crippen LogP contribution in [0.2, 0.25) is 0 Å². The van der Waals surface area contributed by atoms with Gasteiger partial charge in [-0.1, -0.05) is 0 Å². The molecule has 13 nitrogen and oxygen atoms in total. The first-order valence-electron chi connectivity index (χ1n) is 15.9. The summed E-state index contributed by atoms with van der Waals surface area (Å²) >= 11 is 0. The van der Waals surface area contributed by atoms with Crippen LogP contribution in [0.5, 0.6) is 0 Å². The number of amides is 4. The van der Waals surface area contributed by atoms with Crippen LogP contribution in [-0.2, 0) is 23.9 Å². The van der Waals surface area contributed by atoms with Crippen LogP contribution in [0.25, 0.3) is 0 Å². The van der Waals surface area contributed by atoms with E-state index in [0.29, 0.717) is 25.3 Å². The Hall–Kier alpha value is -3.09. The summed E-state index contributed by atoms with van der Waals surface area (Å²) in [5.74, 6) is -0.797. The zero-order valence-corrected chi connectivity index (χ0v) is 29.8. The summed E-state index contributed by atoms with van der Waals surface area (Å²) in [6.07, 6.45) is 3.91. The van der Waals surface area contributed by atoms with Gasteiger partial charge in [0.15, 0.2) is 0 Å². The maximum Gasteiger partial charge on any atom is 0.411 e. The third-order valence-corrected chi connectivity index (χ3v) is 7.67. The predicted molar refractivity (Wildman–Crippen MR) is 172 cm³/mol. The van der Waals surface area contributed by atoms with Crippen LogP contribution in [-0.4, -0.2) is 130 Å². The monoisotopic (exact) mass is 641 g/mol. The van der Waals surface area contributed by atoms with Crippen molar-refractivity contribution in [2.75, 3.05) is 28.2 Å². The molecule has 0 aliphatic carbocycles. The number of hydrogen-bond acceptors (Lipinski definition) is 8. The van der Waals surface area contributed by atoms with E-state index in [1.807, 2.05) is 34.6 Å². The quantitative estimate of drug-likeness (QED) is 0.467. The Morgan fingerprint density at radius 2 is 1.04 bits per heavy atom. The molecule has 4 amide bonds. The van der Waals surface area contributed by atoms with Crippen LogP contribution in [0.1, 0.15) is 101 Å². The van der Waals surface area contributed by atoms with Crippen LogP contribution >= 0.6 is 0 Å². The molecule has 0 saturated carbocycles. The van der Waals surface area contributed by atoms with E-state index in [4.69, 9.17) is 14.6 Å². The summed E-state index contributed by atoms with van der Waals surface area (Å²) in [6.45, 7) is 16.7. The first kappa shape index (κ1) is 39.9. The zero-order chi connectivity index (χ0) is 35.0. The average molecular weight is 642 g/mol. The highest BCUT2D eigenvalue weighted by Crippen LogP contribution is 2.28. The minimum Gasteiger partial charge on any atom is -0.480 e. The fourth-order valence-electron chi connectivity index (χ4n) is 5.43. The van der Waals surface area contributed by atoms with E-state index in [2.05, 4.69) is 12.2 Å². The van der Waals surface area contributed by atoms with E-state index >= 15 is 0 Å². The SMILES string of the molecule is C[C@H]1CC[C@@H](C(=O)N(C)C)N1.C[C@H]1CC[C@@H](C(=O)N(C)C)N1C(=O)OC(C)(C)C.C[C@H]1CC[C@@H](C(=O)O)N1C(=O)OC(C)(C)C. The highest BCUT2D eigenvalue weighted by Gasteiger charge is 2.42. The van der Waals surface area contributed by atoms with Gasteiger partial charge in [-0.2, -0.15) is 0 Å². The number of likely N-dealkylation sites (tertiary alicyclic amines) is 2. The minimum absolute atomic E-state index is 0.0368. The van der Waals surface area contributed by atoms with Crippen LogP contribution in [0.3, 0.4) is 0 Å². The van der Waals surface area contributed by atoms with Crippen molar-refractivity contribution in [3.8, 4) is 0 Å². The van der Waals surface area contributed by atoms with Crippen molar-refractivity contribution in [3.63, 3.8) is 0 Å². The molecule has 0 aromatic heterocycles. The number of carbonyl (C=O) groups is 5. The number of ether oxygens (including phenoxy) is 2. The summed E-state index contributed by atoms with van der Waals surface area (Å²) in [4.78, 5) is 64.4. The molecule has 45 heavy (non-hydrogen) atoms. The molecule has 2 N–H and O–H groups in total. The normalized spacial score (nSPS) is 26.2. The fourth-order valence-corrected chi connectivity index (χ4v) is 5.43. The van der Waals surface area contributed by atoms with Gasteiger partial charge >= 0.3 is 18.2 Å².